The number of imidazole rings is 1. The van der Waals surface area contributed by atoms with Crippen molar-refractivity contribution >= 4 is 34.6 Å². The van der Waals surface area contributed by atoms with Gasteiger partial charge in [0.2, 0.25) is 0 Å². The van der Waals surface area contributed by atoms with Crippen molar-refractivity contribution in [3.05, 3.63) is 39.1 Å². The Morgan fingerprint density at radius 1 is 1.45 bits per heavy atom. The van der Waals surface area contributed by atoms with E-state index in [0.717, 1.165) is 45.2 Å². The van der Waals surface area contributed by atoms with Crippen LogP contribution >= 0.6 is 23.6 Å². The highest BCUT2D eigenvalue weighted by atomic mass is 32.1. The summed E-state index contributed by atoms with van der Waals surface area (Å²) in [6.45, 7) is 2.83. The van der Waals surface area contributed by atoms with Crippen LogP contribution in [0.5, 0.6) is 5.75 Å². The lowest BCUT2D eigenvalue weighted by atomic mass is 10.3. The van der Waals surface area contributed by atoms with Crippen molar-refractivity contribution in [3.63, 3.8) is 0 Å². The molecule has 0 unspecified atom stereocenters. The van der Waals surface area contributed by atoms with E-state index in [1.54, 1.807) is 18.4 Å². The van der Waals surface area contributed by atoms with E-state index in [-0.39, 0.29) is 0 Å². The normalized spacial score (nSPS) is 11.1. The van der Waals surface area contributed by atoms with Crippen LogP contribution in [0, 0.1) is 11.7 Å². The van der Waals surface area contributed by atoms with E-state index >= 15 is 0 Å². The Labute approximate surface area is 126 Å². The number of fused-ring (bicyclic) bond motifs is 1. The van der Waals surface area contributed by atoms with Gasteiger partial charge in [0.25, 0.3) is 0 Å². The van der Waals surface area contributed by atoms with Gasteiger partial charge in [-0.3, -0.25) is 0 Å². The summed E-state index contributed by atoms with van der Waals surface area (Å²) in [6, 6.07) is 5.97. The lowest BCUT2D eigenvalue weighted by molar-refractivity contribution is 0.419. The molecule has 104 valence electrons. The number of hydrogen-bond acceptors (Lipinski definition) is 4. The highest BCUT2D eigenvalue weighted by Crippen LogP contribution is 2.24. The summed E-state index contributed by atoms with van der Waals surface area (Å²) in [5.41, 5.74) is 3.10. The summed E-state index contributed by atoms with van der Waals surface area (Å²) in [7, 11) is 1.67. The number of para-hydroxylation sites is 1. The molecule has 0 fully saturated rings. The molecule has 0 saturated carbocycles. The zero-order chi connectivity index (χ0) is 14.1. The van der Waals surface area contributed by atoms with Gasteiger partial charge in [-0.2, -0.15) is 0 Å². The van der Waals surface area contributed by atoms with E-state index in [9.17, 15) is 0 Å². The molecule has 3 rings (SSSR count). The largest absolute Gasteiger partial charge is 0.494 e. The minimum absolute atomic E-state index is 0.720. The minimum Gasteiger partial charge on any atom is -0.494 e. The van der Waals surface area contributed by atoms with E-state index in [1.807, 2.05) is 19.1 Å². The smallest absolute Gasteiger partial charge is 0.178 e. The Bertz CT molecular complexity index is 800. The van der Waals surface area contributed by atoms with Crippen molar-refractivity contribution in [2.24, 2.45) is 0 Å². The van der Waals surface area contributed by atoms with Crippen LogP contribution in [0.4, 0.5) is 0 Å². The maximum atomic E-state index is 5.42. The number of aryl methyl sites for hydroxylation is 3. The quantitative estimate of drug-likeness (QED) is 0.747. The second-order valence-corrected chi connectivity index (χ2v) is 5.90. The molecule has 1 aromatic carbocycles. The summed E-state index contributed by atoms with van der Waals surface area (Å²) in [6.07, 6.45) is 0.886. The predicted molar refractivity (Wildman–Crippen MR) is 84.2 cm³/mol. The van der Waals surface area contributed by atoms with Crippen LogP contribution in [0.25, 0.3) is 11.0 Å². The molecular weight excluding hydrogens is 290 g/mol. The Morgan fingerprint density at radius 2 is 2.30 bits per heavy atom. The number of H-pyrrole nitrogens is 1. The van der Waals surface area contributed by atoms with Gasteiger partial charge in [-0.05, 0) is 31.3 Å². The first-order chi connectivity index (χ1) is 9.69. The molecule has 2 heterocycles. The Hall–Kier alpha value is -1.66. The zero-order valence-corrected chi connectivity index (χ0v) is 13.0. The average Bonchev–Trinajstić information content (AvgIpc) is 2.99. The third-order valence-corrected chi connectivity index (χ3v) is 4.56. The molecule has 2 aromatic heterocycles. The van der Waals surface area contributed by atoms with Crippen molar-refractivity contribution in [2.75, 3.05) is 7.11 Å². The molecular formula is C14H15N3OS2. The summed E-state index contributed by atoms with van der Waals surface area (Å²) in [5.74, 6) is 0.817. The number of aromatic nitrogens is 3. The van der Waals surface area contributed by atoms with E-state index in [2.05, 4.69) is 26.0 Å². The number of thiazole rings is 1. The number of hydrogen-bond donors (Lipinski definition) is 1. The Morgan fingerprint density at radius 3 is 3.00 bits per heavy atom. The van der Waals surface area contributed by atoms with Crippen molar-refractivity contribution in [2.45, 2.75) is 19.9 Å². The Balaban J connectivity index is 1.95. The van der Waals surface area contributed by atoms with Crippen LogP contribution in [-0.4, -0.2) is 21.6 Å². The molecule has 0 aliphatic rings. The molecule has 0 radical (unpaired) electrons. The number of methoxy groups -OCH3 is 1. The summed E-state index contributed by atoms with van der Waals surface area (Å²) < 4.78 is 8.18. The van der Waals surface area contributed by atoms with E-state index in [4.69, 9.17) is 17.0 Å². The molecule has 0 bridgehead atoms. The molecule has 0 aliphatic heterocycles. The van der Waals surface area contributed by atoms with Gasteiger partial charge in [-0.1, -0.05) is 6.07 Å². The maximum Gasteiger partial charge on any atom is 0.178 e. The minimum atomic E-state index is 0.720. The molecule has 0 aliphatic carbocycles. The third kappa shape index (κ3) is 2.36. The Kier molecular flexibility index (Phi) is 3.58. The molecule has 20 heavy (non-hydrogen) atoms. The summed E-state index contributed by atoms with van der Waals surface area (Å²) in [4.78, 5) is 7.71. The first-order valence-corrected chi connectivity index (χ1v) is 7.64. The zero-order valence-electron chi connectivity index (χ0n) is 11.3. The molecule has 0 amide bonds. The fraction of sp³-hybridized carbons (Fsp3) is 0.286. The molecule has 4 nitrogen and oxygen atoms in total. The SMILES string of the molecule is COc1cccc2c1[nH]c(=S)n2CCc1nc(C)cs1. The van der Waals surface area contributed by atoms with Gasteiger partial charge < -0.3 is 14.3 Å². The van der Waals surface area contributed by atoms with Gasteiger partial charge in [-0.15, -0.1) is 11.3 Å². The van der Waals surface area contributed by atoms with Crippen LogP contribution in [0.2, 0.25) is 0 Å². The van der Waals surface area contributed by atoms with E-state index in [1.165, 1.54) is 0 Å². The molecule has 0 spiro atoms. The number of benzene rings is 1. The molecule has 6 heteroatoms. The lowest BCUT2D eigenvalue weighted by Crippen LogP contribution is -2.01. The molecule has 0 atom stereocenters. The fourth-order valence-corrected chi connectivity index (χ4v) is 3.33. The number of ether oxygens (including phenoxy) is 1. The third-order valence-electron chi connectivity index (χ3n) is 3.21. The maximum absolute atomic E-state index is 5.42. The van der Waals surface area contributed by atoms with Gasteiger partial charge in [0.15, 0.2) is 4.77 Å². The van der Waals surface area contributed by atoms with Crippen molar-refractivity contribution < 1.29 is 4.74 Å². The van der Waals surface area contributed by atoms with Crippen LogP contribution < -0.4 is 4.74 Å². The predicted octanol–water partition coefficient (Wildman–Crippen LogP) is 3.72. The number of aromatic amines is 1. The van der Waals surface area contributed by atoms with E-state index < -0.39 is 0 Å². The van der Waals surface area contributed by atoms with Crippen LogP contribution in [0.3, 0.4) is 0 Å². The monoisotopic (exact) mass is 305 g/mol. The second kappa shape index (κ2) is 5.38. The standard InChI is InChI=1S/C14H15N3OS2/c1-9-8-20-12(15-9)6-7-17-10-4-3-5-11(18-2)13(10)16-14(17)19/h3-5,8H,6-7H2,1-2H3,(H,16,19). The van der Waals surface area contributed by atoms with Crippen LogP contribution in [0.15, 0.2) is 23.6 Å². The average molecular weight is 305 g/mol. The van der Waals surface area contributed by atoms with Gasteiger partial charge >= 0.3 is 0 Å². The lowest BCUT2D eigenvalue weighted by Gasteiger charge is -2.04. The number of nitrogens with zero attached hydrogens (tertiary/aromatic N) is 2. The second-order valence-electron chi connectivity index (χ2n) is 4.57. The summed E-state index contributed by atoms with van der Waals surface area (Å²) >= 11 is 7.11. The first-order valence-electron chi connectivity index (χ1n) is 6.35. The van der Waals surface area contributed by atoms with Gasteiger partial charge in [-0.25, -0.2) is 4.98 Å². The fourth-order valence-electron chi connectivity index (χ4n) is 2.27. The number of rotatable bonds is 4. The molecule has 3 aromatic rings. The summed E-state index contributed by atoms with van der Waals surface area (Å²) in [5, 5.41) is 3.22. The van der Waals surface area contributed by atoms with Crippen molar-refractivity contribution in [1.29, 1.82) is 0 Å². The highest BCUT2D eigenvalue weighted by Gasteiger charge is 2.09. The van der Waals surface area contributed by atoms with Gasteiger partial charge in [0, 0.05) is 24.0 Å². The van der Waals surface area contributed by atoms with Gasteiger partial charge in [0.1, 0.15) is 11.3 Å². The first kappa shape index (κ1) is 13.3. The number of nitrogens with one attached hydrogen (secondary N) is 1. The topological polar surface area (TPSA) is 42.8 Å². The van der Waals surface area contributed by atoms with Crippen molar-refractivity contribution in [1.82, 2.24) is 14.5 Å². The van der Waals surface area contributed by atoms with E-state index in [0.29, 0.717) is 0 Å². The van der Waals surface area contributed by atoms with Crippen LogP contribution in [-0.2, 0) is 13.0 Å². The van der Waals surface area contributed by atoms with Crippen molar-refractivity contribution in [3.8, 4) is 5.75 Å². The molecule has 0 saturated heterocycles. The molecule has 1 N–H and O–H groups in total. The van der Waals surface area contributed by atoms with Gasteiger partial charge in [0.05, 0.1) is 17.6 Å². The van der Waals surface area contributed by atoms with Crippen LogP contribution in [0.1, 0.15) is 10.7 Å². The highest BCUT2D eigenvalue weighted by molar-refractivity contribution is 7.71.